The lowest BCUT2D eigenvalue weighted by atomic mass is 10.2. The predicted molar refractivity (Wildman–Crippen MR) is 63.2 cm³/mol. The van der Waals surface area contributed by atoms with E-state index in [-0.39, 0.29) is 11.3 Å². The van der Waals surface area contributed by atoms with Crippen molar-refractivity contribution in [2.45, 2.75) is 32.6 Å². The Kier molecular flexibility index (Phi) is 2.42. The van der Waals surface area contributed by atoms with Gasteiger partial charge in [0.25, 0.3) is 0 Å². The largest absolute Gasteiger partial charge is 0.341 e. The summed E-state index contributed by atoms with van der Waals surface area (Å²) in [4.78, 5) is 27.8. The molecule has 3 aliphatic rings. The third kappa shape index (κ3) is 1.74. The molecule has 0 spiro atoms. The first-order valence-corrected chi connectivity index (χ1v) is 6.74. The lowest BCUT2D eigenvalue weighted by molar-refractivity contribution is -0.135. The molecule has 0 aromatic heterocycles. The highest BCUT2D eigenvalue weighted by molar-refractivity contribution is 5.90. The van der Waals surface area contributed by atoms with E-state index in [1.807, 2.05) is 16.7 Å². The molecule has 0 radical (unpaired) electrons. The van der Waals surface area contributed by atoms with Crippen molar-refractivity contribution < 1.29 is 9.59 Å². The van der Waals surface area contributed by atoms with Gasteiger partial charge in [-0.05, 0) is 25.2 Å². The van der Waals surface area contributed by atoms with E-state index in [9.17, 15) is 9.59 Å². The minimum atomic E-state index is 0.0872. The Bertz CT molecular complexity index is 360. The average molecular weight is 236 g/mol. The van der Waals surface area contributed by atoms with E-state index < -0.39 is 0 Å². The molecule has 3 rings (SSSR count). The summed E-state index contributed by atoms with van der Waals surface area (Å²) in [5.74, 6) is 1.30. The van der Waals surface area contributed by atoms with E-state index in [4.69, 9.17) is 0 Å². The average Bonchev–Trinajstić information content (AvgIpc) is 3.16. The number of fused-ring (bicyclic) bond motifs is 1. The minimum absolute atomic E-state index is 0.0872. The Morgan fingerprint density at radius 2 is 1.71 bits per heavy atom. The number of carbonyl (C=O) groups excluding carboxylic acids is 2. The summed E-state index contributed by atoms with van der Waals surface area (Å²) in [6, 6.07) is 0. The van der Waals surface area contributed by atoms with Crippen molar-refractivity contribution >= 4 is 11.8 Å². The van der Waals surface area contributed by atoms with Gasteiger partial charge in [-0.3, -0.25) is 9.59 Å². The molecule has 0 atom stereocenters. The van der Waals surface area contributed by atoms with Crippen LogP contribution in [0.5, 0.6) is 0 Å². The highest BCUT2D eigenvalue weighted by Crippen LogP contribution is 2.75. The van der Waals surface area contributed by atoms with E-state index in [0.29, 0.717) is 18.2 Å². The maximum atomic E-state index is 12.2. The van der Waals surface area contributed by atoms with Crippen molar-refractivity contribution in [3.8, 4) is 0 Å². The molecule has 4 heteroatoms. The molecule has 4 nitrogen and oxygen atoms in total. The normalized spacial score (nSPS) is 35.0. The summed E-state index contributed by atoms with van der Waals surface area (Å²) in [5, 5.41) is 0. The van der Waals surface area contributed by atoms with Gasteiger partial charge in [0.05, 0.1) is 5.41 Å². The van der Waals surface area contributed by atoms with Crippen LogP contribution in [0.15, 0.2) is 0 Å². The van der Waals surface area contributed by atoms with Crippen molar-refractivity contribution in [1.82, 2.24) is 9.80 Å². The highest BCUT2D eigenvalue weighted by atomic mass is 16.2. The Morgan fingerprint density at radius 3 is 2.29 bits per heavy atom. The van der Waals surface area contributed by atoms with E-state index in [0.717, 1.165) is 45.4 Å². The molecule has 1 saturated heterocycles. The number of hydrogen-bond acceptors (Lipinski definition) is 2. The van der Waals surface area contributed by atoms with E-state index >= 15 is 0 Å². The van der Waals surface area contributed by atoms with Gasteiger partial charge in [0, 0.05) is 32.6 Å². The van der Waals surface area contributed by atoms with Crippen molar-refractivity contribution in [1.29, 1.82) is 0 Å². The molecule has 0 bridgehead atoms. The first-order valence-electron chi connectivity index (χ1n) is 6.74. The molecule has 0 aromatic rings. The number of rotatable bonds is 2. The van der Waals surface area contributed by atoms with E-state index in [2.05, 4.69) is 0 Å². The SMILES string of the molecule is CCC(=O)N1CCCN(C(=O)C23CC2C3)CC1. The molecular formula is C13H20N2O2. The van der Waals surface area contributed by atoms with E-state index in [1.165, 1.54) is 0 Å². The molecule has 0 unspecified atom stereocenters. The fraction of sp³-hybridized carbons (Fsp3) is 0.846. The van der Waals surface area contributed by atoms with Crippen LogP contribution in [0.25, 0.3) is 0 Å². The Balaban J connectivity index is 1.58. The molecule has 2 saturated carbocycles. The standard InChI is InChI=1S/C13H20N2O2/c1-2-11(16)14-4-3-5-15(7-6-14)12(17)13-8-10(13)9-13/h10H,2-9H2,1H3. The number of nitrogens with zero attached hydrogens (tertiary/aromatic N) is 2. The molecule has 94 valence electrons. The zero-order valence-electron chi connectivity index (χ0n) is 10.4. The van der Waals surface area contributed by atoms with Gasteiger partial charge in [-0.15, -0.1) is 0 Å². The third-order valence-corrected chi connectivity index (χ3v) is 4.55. The van der Waals surface area contributed by atoms with Crippen molar-refractivity contribution in [2.75, 3.05) is 26.2 Å². The van der Waals surface area contributed by atoms with Gasteiger partial charge in [-0.2, -0.15) is 0 Å². The van der Waals surface area contributed by atoms with Crippen molar-refractivity contribution in [3.05, 3.63) is 0 Å². The zero-order chi connectivity index (χ0) is 12.0. The second-order valence-corrected chi connectivity index (χ2v) is 5.64. The molecule has 2 aliphatic carbocycles. The molecule has 3 fully saturated rings. The molecule has 1 heterocycles. The van der Waals surface area contributed by atoms with Crippen LogP contribution in [0.4, 0.5) is 0 Å². The maximum absolute atomic E-state index is 12.2. The van der Waals surface area contributed by atoms with Gasteiger partial charge in [0.2, 0.25) is 11.8 Å². The fourth-order valence-electron chi connectivity index (χ4n) is 2.96. The smallest absolute Gasteiger partial charge is 0.229 e. The Hall–Kier alpha value is -1.06. The highest BCUT2D eigenvalue weighted by Gasteiger charge is 2.75. The molecule has 1 aliphatic heterocycles. The molecular weight excluding hydrogens is 216 g/mol. The quantitative estimate of drug-likeness (QED) is 0.713. The van der Waals surface area contributed by atoms with Crippen LogP contribution in [-0.4, -0.2) is 47.8 Å². The molecule has 2 amide bonds. The second kappa shape index (κ2) is 3.72. The van der Waals surface area contributed by atoms with Gasteiger partial charge in [0.15, 0.2) is 0 Å². The first-order chi connectivity index (χ1) is 8.17. The summed E-state index contributed by atoms with van der Waals surface area (Å²) in [6.07, 6.45) is 3.75. The van der Waals surface area contributed by atoms with Crippen LogP contribution in [-0.2, 0) is 9.59 Å². The lowest BCUT2D eigenvalue weighted by Crippen LogP contribution is -2.38. The van der Waals surface area contributed by atoms with Gasteiger partial charge in [0.1, 0.15) is 0 Å². The Morgan fingerprint density at radius 1 is 1.12 bits per heavy atom. The second-order valence-electron chi connectivity index (χ2n) is 5.64. The van der Waals surface area contributed by atoms with Gasteiger partial charge < -0.3 is 9.80 Å². The summed E-state index contributed by atoms with van der Waals surface area (Å²) >= 11 is 0. The zero-order valence-corrected chi connectivity index (χ0v) is 10.4. The van der Waals surface area contributed by atoms with Crippen LogP contribution in [0, 0.1) is 11.3 Å². The summed E-state index contributed by atoms with van der Waals surface area (Å²) in [5.41, 5.74) is 0.0872. The lowest BCUT2D eigenvalue weighted by Gasteiger charge is -2.23. The fourth-order valence-corrected chi connectivity index (χ4v) is 2.96. The minimum Gasteiger partial charge on any atom is -0.341 e. The molecule has 0 N–H and O–H groups in total. The predicted octanol–water partition coefficient (Wildman–Crippen LogP) is 0.867. The number of amides is 2. The van der Waals surface area contributed by atoms with Gasteiger partial charge in [-0.25, -0.2) is 0 Å². The van der Waals surface area contributed by atoms with Crippen LogP contribution in [0.3, 0.4) is 0 Å². The van der Waals surface area contributed by atoms with Crippen LogP contribution >= 0.6 is 0 Å². The van der Waals surface area contributed by atoms with Crippen molar-refractivity contribution in [2.24, 2.45) is 11.3 Å². The maximum Gasteiger partial charge on any atom is 0.229 e. The topological polar surface area (TPSA) is 40.6 Å². The molecule has 0 aromatic carbocycles. The number of hydrogen-bond donors (Lipinski definition) is 0. The Labute approximate surface area is 102 Å². The summed E-state index contributed by atoms with van der Waals surface area (Å²) in [6.45, 7) is 5.00. The third-order valence-electron chi connectivity index (χ3n) is 4.55. The monoisotopic (exact) mass is 236 g/mol. The van der Waals surface area contributed by atoms with E-state index in [1.54, 1.807) is 0 Å². The van der Waals surface area contributed by atoms with Gasteiger partial charge in [-0.1, -0.05) is 6.92 Å². The first kappa shape index (κ1) is 11.1. The van der Waals surface area contributed by atoms with Crippen LogP contribution in [0.2, 0.25) is 0 Å². The van der Waals surface area contributed by atoms with Crippen LogP contribution in [0.1, 0.15) is 32.6 Å². The summed E-state index contributed by atoms with van der Waals surface area (Å²) in [7, 11) is 0. The van der Waals surface area contributed by atoms with Gasteiger partial charge >= 0.3 is 0 Å². The summed E-state index contributed by atoms with van der Waals surface area (Å²) < 4.78 is 0. The molecule has 17 heavy (non-hydrogen) atoms. The van der Waals surface area contributed by atoms with Crippen LogP contribution < -0.4 is 0 Å². The number of carbonyl (C=O) groups is 2. The van der Waals surface area contributed by atoms with Crippen molar-refractivity contribution in [3.63, 3.8) is 0 Å².